The molecule has 0 heterocycles. The third-order valence-electron chi connectivity index (χ3n) is 0.755. The van der Waals surface area contributed by atoms with Crippen molar-refractivity contribution in [1.82, 2.24) is 0 Å². The second kappa shape index (κ2) is 27.8. The topological polar surface area (TPSA) is 299 Å². The molecule has 30 nitrogen and oxygen atoms in total. The summed E-state index contributed by atoms with van der Waals surface area (Å²) >= 11 is 0. The number of hydrogen-bond acceptors (Lipinski definition) is 30. The Balaban J connectivity index is 2.97. The Bertz CT molecular complexity index is 241. The number of hydrogen-bond donors (Lipinski definition) is 2. The fourth-order valence-corrected chi connectivity index (χ4v) is 0.297. The van der Waals surface area contributed by atoms with Gasteiger partial charge in [0.05, 0.1) is 0 Å². The van der Waals surface area contributed by atoms with Crippen molar-refractivity contribution in [2.75, 3.05) is 0 Å². The summed E-state index contributed by atoms with van der Waals surface area (Å²) in [6, 6.07) is 0. The quantitative estimate of drug-likeness (QED) is 0.0733. The SMILES string of the molecule is OOOOOOOOOOOOOOOOOOOOOOOOOOOOOO. The molecule has 0 atom stereocenters. The predicted molar refractivity (Wildman–Crippen MR) is 35.6 cm³/mol. The summed E-state index contributed by atoms with van der Waals surface area (Å²) in [5.74, 6) is 0. The van der Waals surface area contributed by atoms with Gasteiger partial charge in [-0.1, -0.05) is 0 Å². The molecule has 0 bridgehead atoms. The molecular weight excluding hydrogens is 480 g/mol. The highest BCUT2D eigenvalue weighted by Gasteiger charge is 2.01. The normalized spacial score (nSPS) is 11.4. The maximum Gasteiger partial charge on any atom is 0 e. The molecule has 0 spiro atoms. The van der Waals surface area contributed by atoms with E-state index in [9.17, 15) is 0 Å². The molecule has 30 heteroatoms. The van der Waals surface area contributed by atoms with Crippen molar-refractivity contribution in [2.45, 2.75) is 0 Å². The summed E-state index contributed by atoms with van der Waals surface area (Å²) in [5.41, 5.74) is 0. The lowest BCUT2D eigenvalue weighted by Gasteiger charge is -1.99. The summed E-state index contributed by atoms with van der Waals surface area (Å²) in [4.78, 5) is 0. The Labute approximate surface area is 153 Å². The predicted octanol–water partition coefficient (Wildman–Crippen LogP) is -1.90. The zero-order valence-electron chi connectivity index (χ0n) is 12.3. The summed E-state index contributed by atoms with van der Waals surface area (Å²) in [6.07, 6.45) is 0. The van der Waals surface area contributed by atoms with E-state index >= 15 is 0 Å². The van der Waals surface area contributed by atoms with Crippen LogP contribution in [0.25, 0.3) is 0 Å². The maximum absolute atomic E-state index is 7.53. The van der Waals surface area contributed by atoms with Gasteiger partial charge in [-0.25, -0.2) is 10.5 Å². The van der Waals surface area contributed by atoms with Crippen molar-refractivity contribution >= 4 is 0 Å². The molecule has 0 aromatic heterocycles. The second-order valence-corrected chi connectivity index (χ2v) is 1.92. The van der Waals surface area contributed by atoms with Crippen molar-refractivity contribution in [3.05, 3.63) is 0 Å². The van der Waals surface area contributed by atoms with Gasteiger partial charge >= 0.3 is 0 Å². The van der Waals surface area contributed by atoms with Crippen LogP contribution in [0.3, 0.4) is 0 Å². The van der Waals surface area contributed by atoms with Crippen molar-refractivity contribution in [2.24, 2.45) is 0 Å². The molecule has 0 aromatic carbocycles. The van der Waals surface area contributed by atoms with E-state index in [0.29, 0.717) is 0 Å². The van der Waals surface area contributed by atoms with Crippen LogP contribution >= 0.6 is 0 Å². The molecule has 2 N–H and O–H groups in total. The largest absolute Gasteiger partial charge is 0.219 e. The molecule has 0 aliphatic carbocycles. The lowest BCUT2D eigenvalue weighted by Crippen LogP contribution is -2.06. The van der Waals surface area contributed by atoms with Gasteiger partial charge < -0.3 is 0 Å². The van der Waals surface area contributed by atoms with Crippen LogP contribution in [0.4, 0.5) is 0 Å². The van der Waals surface area contributed by atoms with Crippen LogP contribution in [0.2, 0.25) is 0 Å². The van der Waals surface area contributed by atoms with Crippen molar-refractivity contribution < 1.29 is 152 Å². The van der Waals surface area contributed by atoms with E-state index in [2.05, 4.69) is 141 Å². The Kier molecular flexibility index (Phi) is 26.7. The molecule has 0 rings (SSSR count). The van der Waals surface area contributed by atoms with E-state index in [1.54, 1.807) is 0 Å². The molecular formula is H2O30. The van der Waals surface area contributed by atoms with Gasteiger partial charge in [-0.05, 0) is 80.6 Å². The van der Waals surface area contributed by atoms with Gasteiger partial charge in [-0.15, -0.1) is 0 Å². The fraction of sp³-hybridized carbons (Fsp3) is 0. The Morgan fingerprint density at radius 1 is 0.167 bits per heavy atom. The van der Waals surface area contributed by atoms with Crippen molar-refractivity contribution in [3.63, 3.8) is 0 Å². The molecule has 0 radical (unpaired) electrons. The van der Waals surface area contributed by atoms with Gasteiger partial charge in [0.1, 0.15) is 0 Å². The van der Waals surface area contributed by atoms with Crippen LogP contribution in [-0.2, 0) is 141 Å². The van der Waals surface area contributed by atoms with Crippen LogP contribution < -0.4 is 0 Å². The van der Waals surface area contributed by atoms with Crippen LogP contribution in [0.5, 0.6) is 0 Å². The Hall–Kier alpha value is -1.20. The van der Waals surface area contributed by atoms with Gasteiger partial charge in [-0.2, -0.15) is 0 Å². The van der Waals surface area contributed by atoms with E-state index in [-0.39, 0.29) is 0 Å². The van der Waals surface area contributed by atoms with Crippen LogP contribution in [0.15, 0.2) is 0 Å². The fourth-order valence-electron chi connectivity index (χ4n) is 0.297. The Morgan fingerprint density at radius 3 is 0.367 bits per heavy atom. The number of rotatable bonds is 27. The Morgan fingerprint density at radius 2 is 0.267 bits per heavy atom. The zero-order chi connectivity index (χ0) is 21.8. The van der Waals surface area contributed by atoms with Crippen LogP contribution in [0, 0.1) is 0 Å². The average molecular weight is 482 g/mol. The minimum Gasteiger partial charge on any atom is -0.219 e. The first-order valence-corrected chi connectivity index (χ1v) is 4.87. The lowest BCUT2D eigenvalue weighted by atomic mass is 14.0. The molecule has 0 unspecified atom stereocenters. The monoisotopic (exact) mass is 482 g/mol. The molecule has 0 saturated heterocycles. The third-order valence-corrected chi connectivity index (χ3v) is 0.755. The van der Waals surface area contributed by atoms with E-state index < -0.39 is 0 Å². The van der Waals surface area contributed by atoms with Gasteiger partial charge in [0, 0.05) is 60.5 Å². The van der Waals surface area contributed by atoms with Crippen LogP contribution in [-0.4, -0.2) is 10.5 Å². The summed E-state index contributed by atoms with van der Waals surface area (Å²) in [7, 11) is 0. The van der Waals surface area contributed by atoms with Crippen LogP contribution in [0.1, 0.15) is 0 Å². The molecule has 0 aromatic rings. The molecule has 182 valence electrons. The first-order valence-electron chi connectivity index (χ1n) is 4.87. The van der Waals surface area contributed by atoms with Crippen molar-refractivity contribution in [3.8, 4) is 0 Å². The van der Waals surface area contributed by atoms with Gasteiger partial charge in [0.15, 0.2) is 0 Å². The van der Waals surface area contributed by atoms with E-state index in [1.165, 1.54) is 0 Å². The first-order chi connectivity index (χ1) is 14.9. The molecule has 0 aliphatic heterocycles. The highest BCUT2D eigenvalue weighted by Crippen LogP contribution is 1.94. The highest BCUT2D eigenvalue weighted by atomic mass is 18.0. The van der Waals surface area contributed by atoms with E-state index in [1.807, 2.05) is 0 Å². The summed E-state index contributed by atoms with van der Waals surface area (Å²) < 4.78 is 0. The first kappa shape index (κ1) is 28.8. The maximum atomic E-state index is 7.53. The summed E-state index contributed by atoms with van der Waals surface area (Å²) in [5, 5.41) is 110. The molecule has 0 saturated carbocycles. The lowest BCUT2D eigenvalue weighted by molar-refractivity contribution is -0.904. The minimum absolute atomic E-state index is 2.87. The molecule has 0 aliphatic rings. The van der Waals surface area contributed by atoms with Gasteiger partial charge in [0.25, 0.3) is 0 Å². The standard InChI is InChI=1S/H2O30/c1-3-5-7-9-11-13-15-17-19-21-23-25-27-29-30-28-26-24-22-20-18-16-14-12-10-8-6-4-2/h1-2H. The summed E-state index contributed by atoms with van der Waals surface area (Å²) in [6.45, 7) is 0. The zero-order valence-corrected chi connectivity index (χ0v) is 12.3. The second-order valence-electron chi connectivity index (χ2n) is 1.92. The van der Waals surface area contributed by atoms with Gasteiger partial charge in [-0.3, -0.25) is 0 Å². The molecule has 0 fully saturated rings. The molecule has 30 heavy (non-hydrogen) atoms. The highest BCUT2D eigenvalue weighted by molar-refractivity contribution is 3.10. The van der Waals surface area contributed by atoms with Gasteiger partial charge in [0.2, 0.25) is 0 Å². The van der Waals surface area contributed by atoms with E-state index in [4.69, 9.17) is 10.5 Å². The van der Waals surface area contributed by atoms with Crippen molar-refractivity contribution in [1.29, 1.82) is 0 Å². The molecule has 0 amide bonds. The minimum atomic E-state index is 2.87. The third kappa shape index (κ3) is 26.8. The smallest absolute Gasteiger partial charge is 0 e. The average Bonchev–Trinajstić information content (AvgIpc) is 2.76. The van der Waals surface area contributed by atoms with E-state index in [0.717, 1.165) is 0 Å².